The third-order valence-corrected chi connectivity index (χ3v) is 6.87. The maximum Gasteiger partial charge on any atom is 0.387 e. The zero-order valence-electron chi connectivity index (χ0n) is 20.8. The lowest BCUT2D eigenvalue weighted by atomic mass is 9.91. The summed E-state index contributed by atoms with van der Waals surface area (Å²) in [7, 11) is 0. The summed E-state index contributed by atoms with van der Waals surface area (Å²) in [5, 5.41) is 2.86. The summed E-state index contributed by atoms with van der Waals surface area (Å²) >= 11 is 1.03. The summed E-state index contributed by atoms with van der Waals surface area (Å²) in [6.07, 6.45) is 10.3. The third-order valence-electron chi connectivity index (χ3n) is 5.81. The van der Waals surface area contributed by atoms with Crippen molar-refractivity contribution in [2.45, 2.75) is 66.0 Å². The van der Waals surface area contributed by atoms with Crippen LogP contribution >= 0.6 is 11.3 Å². The average molecular weight is 519 g/mol. The Balaban J connectivity index is 1.93. The van der Waals surface area contributed by atoms with Crippen molar-refractivity contribution in [1.29, 1.82) is 0 Å². The number of thiazole rings is 1. The molecule has 0 bridgehead atoms. The number of carbonyl (C=O) groups excluding carboxylic acids is 2. The summed E-state index contributed by atoms with van der Waals surface area (Å²) < 4.78 is 32.0. The highest BCUT2D eigenvalue weighted by Crippen LogP contribution is 2.21. The van der Waals surface area contributed by atoms with Crippen LogP contribution in [0, 0.1) is 5.41 Å². The lowest BCUT2D eigenvalue weighted by molar-refractivity contribution is -0.122. The predicted octanol–water partition coefficient (Wildman–Crippen LogP) is 3.74. The maximum atomic E-state index is 13.2. The quantitative estimate of drug-likeness (QED) is 0.513. The van der Waals surface area contributed by atoms with Crippen molar-refractivity contribution in [2.24, 2.45) is 5.41 Å². The second kappa shape index (κ2) is 12.3. The highest BCUT2D eigenvalue weighted by atomic mass is 32.1. The molecule has 1 aromatic heterocycles. The molecule has 0 aliphatic heterocycles. The van der Waals surface area contributed by atoms with Crippen molar-refractivity contribution in [3.8, 4) is 5.75 Å². The average Bonchev–Trinajstić information content (AvgIpc) is 3.09. The molecule has 1 aliphatic rings. The molecule has 9 heteroatoms. The fourth-order valence-electron chi connectivity index (χ4n) is 3.76. The Kier molecular flexibility index (Phi) is 9.37. The number of ketones is 1. The second-order valence-corrected chi connectivity index (χ2v) is 10.8. The van der Waals surface area contributed by atoms with Crippen molar-refractivity contribution in [1.82, 2.24) is 9.88 Å². The van der Waals surface area contributed by atoms with Gasteiger partial charge in [-0.2, -0.15) is 8.78 Å². The summed E-state index contributed by atoms with van der Waals surface area (Å²) in [6.45, 7) is 2.50. The fourth-order valence-corrected chi connectivity index (χ4v) is 4.79. The van der Waals surface area contributed by atoms with E-state index in [1.165, 1.54) is 34.8 Å². The number of hydrogen-bond donors (Lipinski definition) is 1. The SMILES string of the molecule is CC(C)(C)C(=O)C=c1sc(=Cc2ccccc2OC(F)F)c(=O)n1CC(=O)NCCC1=CCCCC1. The molecule has 0 atom stereocenters. The van der Waals surface area contributed by atoms with Crippen LogP contribution in [-0.4, -0.2) is 29.4 Å². The number of alkyl halides is 2. The van der Waals surface area contributed by atoms with E-state index in [-0.39, 0.29) is 28.5 Å². The standard InChI is InChI=1S/C27H32F2N2O4S/c1-27(2,3)22(32)16-24-31(17-23(33)30-14-13-18-9-5-4-6-10-18)25(34)21(36-24)15-19-11-7-8-12-20(19)35-26(28)29/h7-9,11-12,15-16,26H,4-6,10,13-14,17H2,1-3H3,(H,30,33). The molecule has 194 valence electrons. The van der Waals surface area contributed by atoms with E-state index in [1.54, 1.807) is 39.0 Å². The number of allylic oxidation sites excluding steroid dienone is 1. The second-order valence-electron chi connectivity index (χ2n) is 9.72. The Morgan fingerprint density at radius 3 is 2.64 bits per heavy atom. The van der Waals surface area contributed by atoms with Crippen LogP contribution in [0.1, 0.15) is 58.4 Å². The Morgan fingerprint density at radius 1 is 1.22 bits per heavy atom. The number of benzene rings is 1. The zero-order valence-corrected chi connectivity index (χ0v) is 21.6. The predicted molar refractivity (Wildman–Crippen MR) is 138 cm³/mol. The molecular weight excluding hydrogens is 486 g/mol. The lowest BCUT2D eigenvalue weighted by Gasteiger charge is -2.13. The molecule has 0 fully saturated rings. The minimum absolute atomic E-state index is 0.0714. The lowest BCUT2D eigenvalue weighted by Crippen LogP contribution is -2.39. The number of carbonyl (C=O) groups is 2. The Labute approximate surface area is 213 Å². The summed E-state index contributed by atoms with van der Waals surface area (Å²) in [5.74, 6) is -0.606. The number of hydrogen-bond acceptors (Lipinski definition) is 5. The van der Waals surface area contributed by atoms with Gasteiger partial charge in [0.05, 0.1) is 4.53 Å². The number of nitrogens with one attached hydrogen (secondary N) is 1. The highest BCUT2D eigenvalue weighted by molar-refractivity contribution is 7.07. The molecule has 0 saturated heterocycles. The largest absolute Gasteiger partial charge is 0.434 e. The first-order valence-corrected chi connectivity index (χ1v) is 12.8. The molecule has 1 aliphatic carbocycles. The van der Waals surface area contributed by atoms with Crippen LogP contribution in [0.3, 0.4) is 0 Å². The molecule has 1 amide bonds. The van der Waals surface area contributed by atoms with Crippen molar-refractivity contribution < 1.29 is 23.1 Å². The van der Waals surface area contributed by atoms with Crippen LogP contribution < -0.4 is 24.8 Å². The molecule has 1 aromatic carbocycles. The van der Waals surface area contributed by atoms with Crippen molar-refractivity contribution >= 4 is 35.2 Å². The van der Waals surface area contributed by atoms with Gasteiger partial charge in [0.2, 0.25) is 5.91 Å². The number of rotatable bonds is 9. The van der Waals surface area contributed by atoms with Gasteiger partial charge >= 0.3 is 6.61 Å². The summed E-state index contributed by atoms with van der Waals surface area (Å²) in [4.78, 5) is 38.6. The maximum absolute atomic E-state index is 13.2. The highest BCUT2D eigenvalue weighted by Gasteiger charge is 2.20. The number of para-hydroxylation sites is 1. The first-order chi connectivity index (χ1) is 17.0. The minimum atomic E-state index is -3.01. The van der Waals surface area contributed by atoms with E-state index < -0.39 is 17.6 Å². The molecule has 1 heterocycles. The summed E-state index contributed by atoms with van der Waals surface area (Å²) in [5.41, 5.74) is 0.468. The number of Topliss-reactive ketones (excluding diaryl/α,β-unsaturated/α-hetero) is 1. The van der Waals surface area contributed by atoms with E-state index in [9.17, 15) is 23.2 Å². The van der Waals surface area contributed by atoms with Crippen LogP contribution in [0.2, 0.25) is 0 Å². The van der Waals surface area contributed by atoms with E-state index in [2.05, 4.69) is 16.1 Å². The third kappa shape index (κ3) is 7.71. The number of aromatic nitrogens is 1. The van der Waals surface area contributed by atoms with E-state index in [4.69, 9.17) is 0 Å². The smallest absolute Gasteiger partial charge is 0.387 e. The van der Waals surface area contributed by atoms with Crippen LogP contribution in [0.5, 0.6) is 5.75 Å². The van der Waals surface area contributed by atoms with Gasteiger partial charge < -0.3 is 10.1 Å². The Hall–Kier alpha value is -3.07. The molecule has 1 N–H and O–H groups in total. The molecule has 0 unspecified atom stereocenters. The molecule has 0 saturated carbocycles. The number of halogens is 2. The number of nitrogens with zero attached hydrogens (tertiary/aromatic N) is 1. The number of ether oxygens (including phenoxy) is 1. The van der Waals surface area contributed by atoms with Crippen molar-refractivity contribution in [2.75, 3.05) is 6.54 Å². The molecule has 0 spiro atoms. The van der Waals surface area contributed by atoms with Crippen molar-refractivity contribution in [3.05, 3.63) is 61.0 Å². The van der Waals surface area contributed by atoms with Crippen LogP contribution in [0.15, 0.2) is 40.7 Å². The van der Waals surface area contributed by atoms with Gasteiger partial charge in [-0.25, -0.2) is 0 Å². The first kappa shape index (κ1) is 27.5. The fraction of sp³-hybridized carbons (Fsp3) is 0.444. The van der Waals surface area contributed by atoms with Gasteiger partial charge in [0.1, 0.15) is 17.0 Å². The van der Waals surface area contributed by atoms with Gasteiger partial charge in [0.15, 0.2) is 5.78 Å². The van der Waals surface area contributed by atoms with Gasteiger partial charge in [-0.15, -0.1) is 11.3 Å². The molecule has 36 heavy (non-hydrogen) atoms. The van der Waals surface area contributed by atoms with E-state index in [1.807, 2.05) is 0 Å². The first-order valence-electron chi connectivity index (χ1n) is 12.0. The normalized spacial score (nSPS) is 15.2. The van der Waals surface area contributed by atoms with Gasteiger partial charge in [0, 0.05) is 23.6 Å². The van der Waals surface area contributed by atoms with Crippen LogP contribution in [0.4, 0.5) is 8.78 Å². The Morgan fingerprint density at radius 2 is 1.97 bits per heavy atom. The van der Waals surface area contributed by atoms with Gasteiger partial charge in [-0.1, -0.05) is 50.6 Å². The zero-order chi connectivity index (χ0) is 26.3. The van der Waals surface area contributed by atoms with E-state index >= 15 is 0 Å². The topological polar surface area (TPSA) is 77.4 Å². The summed E-state index contributed by atoms with van der Waals surface area (Å²) in [6, 6.07) is 6.13. The Bertz CT molecular complexity index is 1300. The van der Waals surface area contributed by atoms with Gasteiger partial charge in [-0.3, -0.25) is 19.0 Å². The molecule has 6 nitrogen and oxygen atoms in total. The van der Waals surface area contributed by atoms with Crippen LogP contribution in [0.25, 0.3) is 12.2 Å². The molecule has 2 aromatic rings. The monoisotopic (exact) mass is 518 g/mol. The minimum Gasteiger partial charge on any atom is -0.434 e. The molecule has 3 rings (SSSR count). The van der Waals surface area contributed by atoms with E-state index in [0.717, 1.165) is 37.0 Å². The van der Waals surface area contributed by atoms with Crippen LogP contribution in [-0.2, 0) is 16.1 Å². The molecular formula is C27H32F2N2O4S. The van der Waals surface area contributed by atoms with Gasteiger partial charge in [-0.05, 0) is 44.2 Å². The molecule has 0 radical (unpaired) electrons. The van der Waals surface area contributed by atoms with E-state index in [0.29, 0.717) is 16.8 Å². The van der Waals surface area contributed by atoms with Gasteiger partial charge in [0.25, 0.3) is 5.56 Å². The van der Waals surface area contributed by atoms with Crippen molar-refractivity contribution in [3.63, 3.8) is 0 Å². The number of amides is 1.